The summed E-state index contributed by atoms with van der Waals surface area (Å²) in [5, 5.41) is 0. The van der Waals surface area contributed by atoms with Crippen LogP contribution in [-0.4, -0.2) is 31.8 Å². The first-order chi connectivity index (χ1) is 13.1. The standard InChI is InChI=1S/C20H18N2O4S/c1-5-10-22-15-8-7-14(24-2)12-18(15)27-20(22)21-19(23)13-6-9-16(25-3)17(11-13)26-4/h1,6-9,11-12H,10H2,2-4H3. The molecule has 0 spiro atoms. The molecule has 0 unspecified atom stereocenters. The number of fused-ring (bicyclic) bond motifs is 1. The molecule has 138 valence electrons. The first-order valence-electron chi connectivity index (χ1n) is 8.03. The van der Waals surface area contributed by atoms with Gasteiger partial charge in [-0.1, -0.05) is 17.3 Å². The summed E-state index contributed by atoms with van der Waals surface area (Å²) in [5.74, 6) is 3.97. The summed E-state index contributed by atoms with van der Waals surface area (Å²) in [6.45, 7) is 0.310. The number of terminal acetylenes is 1. The predicted molar refractivity (Wildman–Crippen MR) is 105 cm³/mol. The fraction of sp³-hybridized carbons (Fsp3) is 0.200. The highest BCUT2D eigenvalue weighted by Gasteiger charge is 2.12. The smallest absolute Gasteiger partial charge is 0.279 e. The Bertz CT molecular complexity index is 1110. The van der Waals surface area contributed by atoms with Gasteiger partial charge in [0.1, 0.15) is 5.75 Å². The summed E-state index contributed by atoms with van der Waals surface area (Å²) < 4.78 is 18.5. The molecule has 3 aromatic rings. The molecule has 1 aromatic heterocycles. The molecule has 0 saturated heterocycles. The molecule has 0 aliphatic carbocycles. The van der Waals surface area contributed by atoms with Crippen LogP contribution < -0.4 is 19.0 Å². The number of hydrogen-bond donors (Lipinski definition) is 0. The number of methoxy groups -OCH3 is 3. The normalized spacial score (nSPS) is 11.3. The van der Waals surface area contributed by atoms with Crippen LogP contribution in [0.4, 0.5) is 0 Å². The van der Waals surface area contributed by atoms with Gasteiger partial charge >= 0.3 is 0 Å². The SMILES string of the molecule is C#CCn1c(=NC(=O)c2ccc(OC)c(OC)c2)sc2cc(OC)ccc21. The van der Waals surface area contributed by atoms with Crippen LogP contribution >= 0.6 is 11.3 Å². The summed E-state index contributed by atoms with van der Waals surface area (Å²) in [6, 6.07) is 10.6. The van der Waals surface area contributed by atoms with Crippen LogP contribution in [0.1, 0.15) is 10.4 Å². The van der Waals surface area contributed by atoms with Crippen molar-refractivity contribution < 1.29 is 19.0 Å². The molecule has 3 rings (SSSR count). The van der Waals surface area contributed by atoms with Crippen molar-refractivity contribution >= 4 is 27.5 Å². The lowest BCUT2D eigenvalue weighted by Crippen LogP contribution is -2.16. The number of rotatable bonds is 5. The van der Waals surface area contributed by atoms with Crippen molar-refractivity contribution in [2.24, 2.45) is 4.99 Å². The van der Waals surface area contributed by atoms with Crippen LogP contribution in [0.2, 0.25) is 0 Å². The van der Waals surface area contributed by atoms with E-state index in [4.69, 9.17) is 20.6 Å². The number of benzene rings is 2. The fourth-order valence-electron chi connectivity index (χ4n) is 2.63. The molecular weight excluding hydrogens is 364 g/mol. The lowest BCUT2D eigenvalue weighted by molar-refractivity contribution is 0.0997. The highest BCUT2D eigenvalue weighted by molar-refractivity contribution is 7.16. The zero-order valence-electron chi connectivity index (χ0n) is 15.2. The highest BCUT2D eigenvalue weighted by Crippen LogP contribution is 2.28. The van der Waals surface area contributed by atoms with Crippen LogP contribution in [0.15, 0.2) is 41.4 Å². The number of ether oxygens (including phenoxy) is 3. The van der Waals surface area contributed by atoms with E-state index >= 15 is 0 Å². The Morgan fingerprint density at radius 1 is 1.11 bits per heavy atom. The van der Waals surface area contributed by atoms with Gasteiger partial charge in [0.15, 0.2) is 16.3 Å². The maximum atomic E-state index is 12.7. The Labute approximate surface area is 160 Å². The maximum absolute atomic E-state index is 12.7. The lowest BCUT2D eigenvalue weighted by Gasteiger charge is -2.07. The zero-order valence-corrected chi connectivity index (χ0v) is 16.0. The Hall–Kier alpha value is -3.24. The summed E-state index contributed by atoms with van der Waals surface area (Å²) in [7, 11) is 4.66. The average molecular weight is 382 g/mol. The van der Waals surface area contributed by atoms with E-state index in [0.29, 0.717) is 28.4 Å². The van der Waals surface area contributed by atoms with E-state index in [1.54, 1.807) is 25.3 Å². The number of nitrogens with zero attached hydrogens (tertiary/aromatic N) is 2. The minimum absolute atomic E-state index is 0.310. The van der Waals surface area contributed by atoms with Gasteiger partial charge in [0.25, 0.3) is 5.91 Å². The minimum atomic E-state index is -0.389. The molecule has 7 heteroatoms. The van der Waals surface area contributed by atoms with E-state index in [1.165, 1.54) is 25.6 Å². The van der Waals surface area contributed by atoms with E-state index in [0.717, 1.165) is 16.0 Å². The second-order valence-corrected chi connectivity index (χ2v) is 6.50. The first kappa shape index (κ1) is 18.5. The third-order valence-corrected chi connectivity index (χ3v) is 5.01. The summed E-state index contributed by atoms with van der Waals surface area (Å²) in [5.41, 5.74) is 1.30. The molecule has 2 aromatic carbocycles. The fourth-order valence-corrected chi connectivity index (χ4v) is 3.69. The zero-order chi connectivity index (χ0) is 19.4. The number of hydrogen-bond acceptors (Lipinski definition) is 5. The van der Waals surface area contributed by atoms with Gasteiger partial charge in [-0.3, -0.25) is 4.79 Å². The molecule has 0 radical (unpaired) electrons. The van der Waals surface area contributed by atoms with Crippen LogP contribution in [-0.2, 0) is 6.54 Å². The molecule has 0 aliphatic heterocycles. The van der Waals surface area contributed by atoms with Crippen molar-refractivity contribution in [2.75, 3.05) is 21.3 Å². The summed E-state index contributed by atoms with van der Waals surface area (Å²) in [6.07, 6.45) is 5.50. The number of carbonyl (C=O) groups is 1. The Morgan fingerprint density at radius 2 is 1.89 bits per heavy atom. The van der Waals surface area contributed by atoms with Gasteiger partial charge in [-0.2, -0.15) is 4.99 Å². The quantitative estimate of drug-likeness (QED) is 0.636. The third kappa shape index (κ3) is 3.66. The van der Waals surface area contributed by atoms with E-state index in [2.05, 4.69) is 10.9 Å². The molecule has 0 N–H and O–H groups in total. The van der Waals surface area contributed by atoms with Crippen LogP contribution in [0.5, 0.6) is 17.2 Å². The Balaban J connectivity index is 2.10. The van der Waals surface area contributed by atoms with Crippen molar-refractivity contribution in [2.45, 2.75) is 6.54 Å². The molecule has 0 fully saturated rings. The van der Waals surface area contributed by atoms with E-state index in [-0.39, 0.29) is 5.91 Å². The van der Waals surface area contributed by atoms with Gasteiger partial charge in [0.2, 0.25) is 0 Å². The molecular formula is C20H18N2O4S. The van der Waals surface area contributed by atoms with Crippen LogP contribution in [0, 0.1) is 12.3 Å². The lowest BCUT2D eigenvalue weighted by atomic mass is 10.2. The van der Waals surface area contributed by atoms with Gasteiger partial charge < -0.3 is 18.8 Å². The minimum Gasteiger partial charge on any atom is -0.497 e. The van der Waals surface area contributed by atoms with E-state index < -0.39 is 0 Å². The molecule has 1 amide bonds. The Morgan fingerprint density at radius 3 is 2.56 bits per heavy atom. The van der Waals surface area contributed by atoms with Crippen molar-refractivity contribution in [3.05, 3.63) is 46.8 Å². The number of aromatic nitrogens is 1. The molecule has 0 saturated carbocycles. The average Bonchev–Trinajstić information content (AvgIpc) is 3.03. The largest absolute Gasteiger partial charge is 0.497 e. The van der Waals surface area contributed by atoms with Gasteiger partial charge in [0, 0.05) is 5.56 Å². The van der Waals surface area contributed by atoms with Gasteiger partial charge in [-0.15, -0.1) is 6.42 Å². The molecule has 27 heavy (non-hydrogen) atoms. The molecule has 0 bridgehead atoms. The highest BCUT2D eigenvalue weighted by atomic mass is 32.1. The van der Waals surface area contributed by atoms with Gasteiger partial charge in [-0.05, 0) is 36.4 Å². The Kier molecular flexibility index (Phi) is 5.48. The molecule has 1 heterocycles. The topological polar surface area (TPSA) is 62.1 Å². The van der Waals surface area contributed by atoms with Crippen molar-refractivity contribution in [3.8, 4) is 29.6 Å². The van der Waals surface area contributed by atoms with E-state index in [9.17, 15) is 4.79 Å². The van der Waals surface area contributed by atoms with E-state index in [1.807, 2.05) is 22.8 Å². The summed E-state index contributed by atoms with van der Waals surface area (Å²) in [4.78, 5) is 17.5. The third-order valence-electron chi connectivity index (χ3n) is 3.97. The van der Waals surface area contributed by atoms with Crippen LogP contribution in [0.25, 0.3) is 10.2 Å². The number of amides is 1. The predicted octanol–water partition coefficient (Wildman–Crippen LogP) is 3.10. The second kappa shape index (κ2) is 7.98. The molecule has 0 aliphatic rings. The van der Waals surface area contributed by atoms with Crippen molar-refractivity contribution in [1.29, 1.82) is 0 Å². The van der Waals surface area contributed by atoms with Gasteiger partial charge in [-0.25, -0.2) is 0 Å². The maximum Gasteiger partial charge on any atom is 0.279 e. The molecule has 6 nitrogen and oxygen atoms in total. The first-order valence-corrected chi connectivity index (χ1v) is 8.84. The number of carbonyl (C=O) groups excluding carboxylic acids is 1. The number of thiazole rings is 1. The monoisotopic (exact) mass is 382 g/mol. The summed E-state index contributed by atoms with van der Waals surface area (Å²) >= 11 is 1.38. The molecule has 0 atom stereocenters. The van der Waals surface area contributed by atoms with Crippen LogP contribution in [0.3, 0.4) is 0 Å². The van der Waals surface area contributed by atoms with Gasteiger partial charge in [0.05, 0.1) is 38.1 Å². The second-order valence-electron chi connectivity index (χ2n) is 5.50. The van der Waals surface area contributed by atoms with Crippen molar-refractivity contribution in [1.82, 2.24) is 4.57 Å². The van der Waals surface area contributed by atoms with Crippen molar-refractivity contribution in [3.63, 3.8) is 0 Å².